The predicted octanol–water partition coefficient (Wildman–Crippen LogP) is -0.127. The van der Waals surface area contributed by atoms with E-state index in [2.05, 4.69) is 15.3 Å². The van der Waals surface area contributed by atoms with Gasteiger partial charge in [0.05, 0.1) is 19.1 Å². The average Bonchev–Trinajstić information content (AvgIpc) is 2.86. The van der Waals surface area contributed by atoms with Crippen LogP contribution in [0.4, 0.5) is 0 Å². The van der Waals surface area contributed by atoms with Crippen molar-refractivity contribution in [1.29, 1.82) is 0 Å². The van der Waals surface area contributed by atoms with Crippen LogP contribution in [0.1, 0.15) is 10.5 Å². The first-order valence-electron chi connectivity index (χ1n) is 4.35. The van der Waals surface area contributed by atoms with Crippen LogP contribution in [0.25, 0.3) is 0 Å². The number of hydrogen-bond acceptors (Lipinski definition) is 4. The van der Waals surface area contributed by atoms with E-state index in [1.807, 2.05) is 10.8 Å². The van der Waals surface area contributed by atoms with E-state index in [4.69, 9.17) is 5.11 Å². The zero-order valence-corrected chi connectivity index (χ0v) is 7.82. The lowest BCUT2D eigenvalue weighted by atomic mass is 10.5. The van der Waals surface area contributed by atoms with Gasteiger partial charge in [-0.15, -0.1) is 5.10 Å². The molecule has 0 aliphatic heterocycles. The van der Waals surface area contributed by atoms with Crippen LogP contribution < -0.4 is 0 Å². The Hall–Kier alpha value is -2.18. The molecule has 2 rings (SSSR count). The fourth-order valence-electron chi connectivity index (χ4n) is 1.14. The van der Waals surface area contributed by atoms with Crippen LogP contribution in [0.3, 0.4) is 0 Å². The minimum Gasteiger partial charge on any atom is -0.476 e. The molecule has 2 aromatic heterocycles. The Labute approximate surface area is 85.0 Å². The first-order valence-corrected chi connectivity index (χ1v) is 4.35. The van der Waals surface area contributed by atoms with Gasteiger partial charge < -0.3 is 9.67 Å². The second-order valence-corrected chi connectivity index (χ2v) is 2.97. The molecule has 0 saturated heterocycles. The smallest absolute Gasteiger partial charge is 0.358 e. The minimum absolute atomic E-state index is 0.0411. The van der Waals surface area contributed by atoms with Crippen molar-refractivity contribution in [2.45, 2.75) is 13.1 Å². The SMILES string of the molecule is O=C(O)c1cn(CCn2ccnc2)nn1. The number of carboxylic acids is 1. The van der Waals surface area contributed by atoms with E-state index in [0.717, 1.165) is 0 Å². The highest BCUT2D eigenvalue weighted by atomic mass is 16.4. The summed E-state index contributed by atoms with van der Waals surface area (Å²) in [6.45, 7) is 1.25. The van der Waals surface area contributed by atoms with Crippen LogP contribution >= 0.6 is 0 Å². The second kappa shape index (κ2) is 3.91. The summed E-state index contributed by atoms with van der Waals surface area (Å²) in [5.74, 6) is -1.07. The highest BCUT2D eigenvalue weighted by Crippen LogP contribution is 1.94. The molecular formula is C8H9N5O2. The number of aryl methyl sites for hydroxylation is 2. The van der Waals surface area contributed by atoms with Crippen molar-refractivity contribution in [1.82, 2.24) is 24.5 Å². The van der Waals surface area contributed by atoms with Crippen molar-refractivity contribution in [3.05, 3.63) is 30.6 Å². The second-order valence-electron chi connectivity index (χ2n) is 2.97. The van der Waals surface area contributed by atoms with Gasteiger partial charge >= 0.3 is 5.97 Å². The number of carbonyl (C=O) groups is 1. The summed E-state index contributed by atoms with van der Waals surface area (Å²) in [5, 5.41) is 15.8. The lowest BCUT2D eigenvalue weighted by Gasteiger charge is -2.00. The van der Waals surface area contributed by atoms with Gasteiger partial charge in [-0.3, -0.25) is 0 Å². The highest BCUT2D eigenvalue weighted by Gasteiger charge is 2.07. The maximum Gasteiger partial charge on any atom is 0.358 e. The van der Waals surface area contributed by atoms with E-state index in [1.54, 1.807) is 12.5 Å². The Balaban J connectivity index is 1.96. The number of imidazole rings is 1. The van der Waals surface area contributed by atoms with Gasteiger partial charge in [-0.1, -0.05) is 5.21 Å². The number of hydrogen-bond donors (Lipinski definition) is 1. The molecular weight excluding hydrogens is 198 g/mol. The van der Waals surface area contributed by atoms with Crippen molar-refractivity contribution in [2.75, 3.05) is 0 Å². The fourth-order valence-corrected chi connectivity index (χ4v) is 1.14. The molecule has 0 aliphatic rings. The largest absolute Gasteiger partial charge is 0.476 e. The molecule has 0 fully saturated rings. The zero-order chi connectivity index (χ0) is 10.7. The summed E-state index contributed by atoms with van der Waals surface area (Å²) in [6.07, 6.45) is 6.60. The molecule has 0 spiro atoms. The Morgan fingerprint density at radius 2 is 2.33 bits per heavy atom. The van der Waals surface area contributed by atoms with Crippen LogP contribution in [0.15, 0.2) is 24.9 Å². The molecule has 2 heterocycles. The average molecular weight is 207 g/mol. The van der Waals surface area contributed by atoms with Crippen LogP contribution in [-0.2, 0) is 13.1 Å². The van der Waals surface area contributed by atoms with Gasteiger partial charge in [0.25, 0.3) is 0 Å². The highest BCUT2D eigenvalue weighted by molar-refractivity contribution is 5.84. The van der Waals surface area contributed by atoms with Gasteiger partial charge in [0.15, 0.2) is 5.69 Å². The van der Waals surface area contributed by atoms with Gasteiger partial charge in [0, 0.05) is 18.9 Å². The Morgan fingerprint density at radius 1 is 1.47 bits per heavy atom. The van der Waals surface area contributed by atoms with E-state index >= 15 is 0 Å². The maximum atomic E-state index is 10.5. The Bertz CT molecular complexity index is 447. The van der Waals surface area contributed by atoms with Crippen molar-refractivity contribution < 1.29 is 9.90 Å². The Kier molecular flexibility index (Phi) is 2.44. The standard InChI is InChI=1S/C8H9N5O2/c14-8(15)7-5-13(11-10-7)4-3-12-2-1-9-6-12/h1-2,5-6H,3-4H2,(H,14,15). The topological polar surface area (TPSA) is 85.8 Å². The van der Waals surface area contributed by atoms with Crippen molar-refractivity contribution in [3.63, 3.8) is 0 Å². The van der Waals surface area contributed by atoms with Crippen LogP contribution in [0, 0.1) is 0 Å². The molecule has 15 heavy (non-hydrogen) atoms. The molecule has 0 bridgehead atoms. The molecule has 7 heteroatoms. The van der Waals surface area contributed by atoms with Crippen molar-refractivity contribution in [3.8, 4) is 0 Å². The van der Waals surface area contributed by atoms with E-state index < -0.39 is 5.97 Å². The van der Waals surface area contributed by atoms with Gasteiger partial charge in [-0.2, -0.15) is 0 Å². The zero-order valence-electron chi connectivity index (χ0n) is 7.82. The van der Waals surface area contributed by atoms with Gasteiger partial charge in [0.2, 0.25) is 0 Å². The molecule has 78 valence electrons. The van der Waals surface area contributed by atoms with Crippen molar-refractivity contribution in [2.24, 2.45) is 0 Å². The summed E-state index contributed by atoms with van der Waals surface area (Å²) in [4.78, 5) is 14.4. The van der Waals surface area contributed by atoms with E-state index in [9.17, 15) is 4.79 Å². The van der Waals surface area contributed by atoms with Gasteiger partial charge in [-0.05, 0) is 0 Å². The molecule has 0 unspecified atom stereocenters. The van der Waals surface area contributed by atoms with E-state index in [-0.39, 0.29) is 5.69 Å². The quantitative estimate of drug-likeness (QED) is 0.754. The van der Waals surface area contributed by atoms with Gasteiger partial charge in [0.1, 0.15) is 0 Å². The third-order valence-electron chi connectivity index (χ3n) is 1.90. The molecule has 0 saturated carbocycles. The molecule has 0 aliphatic carbocycles. The fraction of sp³-hybridized carbons (Fsp3) is 0.250. The normalized spacial score (nSPS) is 10.4. The molecule has 0 aromatic carbocycles. The Morgan fingerprint density at radius 3 is 2.93 bits per heavy atom. The third-order valence-corrected chi connectivity index (χ3v) is 1.90. The summed E-state index contributed by atoms with van der Waals surface area (Å²) >= 11 is 0. The van der Waals surface area contributed by atoms with Gasteiger partial charge in [-0.25, -0.2) is 14.5 Å². The van der Waals surface area contributed by atoms with Crippen LogP contribution in [-0.4, -0.2) is 35.6 Å². The molecule has 7 nitrogen and oxygen atoms in total. The lowest BCUT2D eigenvalue weighted by Crippen LogP contribution is -2.06. The van der Waals surface area contributed by atoms with E-state index in [0.29, 0.717) is 13.1 Å². The summed E-state index contributed by atoms with van der Waals surface area (Å²) in [7, 11) is 0. The molecule has 1 N–H and O–H groups in total. The lowest BCUT2D eigenvalue weighted by molar-refractivity contribution is 0.0690. The molecule has 0 amide bonds. The number of rotatable bonds is 4. The summed E-state index contributed by atoms with van der Waals surface area (Å²) in [6, 6.07) is 0. The third kappa shape index (κ3) is 2.19. The monoisotopic (exact) mass is 207 g/mol. The summed E-state index contributed by atoms with van der Waals surface area (Å²) in [5.41, 5.74) is -0.0411. The first kappa shape index (κ1) is 9.38. The minimum atomic E-state index is -1.07. The van der Waals surface area contributed by atoms with Crippen LogP contribution in [0.5, 0.6) is 0 Å². The first-order chi connectivity index (χ1) is 7.25. The number of carboxylic acid groups (broad SMARTS) is 1. The number of aromatic nitrogens is 5. The molecule has 0 radical (unpaired) electrons. The maximum absolute atomic E-state index is 10.5. The van der Waals surface area contributed by atoms with Crippen molar-refractivity contribution >= 4 is 5.97 Å². The van der Waals surface area contributed by atoms with E-state index in [1.165, 1.54) is 10.9 Å². The number of aromatic carboxylic acids is 1. The van der Waals surface area contributed by atoms with Crippen LogP contribution in [0.2, 0.25) is 0 Å². The number of nitrogens with zero attached hydrogens (tertiary/aromatic N) is 5. The predicted molar refractivity (Wildman–Crippen MR) is 49.2 cm³/mol. The molecule has 2 aromatic rings. The summed E-state index contributed by atoms with van der Waals surface area (Å²) < 4.78 is 3.37. The molecule has 0 atom stereocenters.